The molecule has 0 saturated carbocycles. The molecule has 0 aliphatic carbocycles. The van der Waals surface area contributed by atoms with Crippen molar-refractivity contribution in [3.63, 3.8) is 0 Å². The molecule has 0 fully saturated rings. The van der Waals surface area contributed by atoms with Crippen LogP contribution in [0.15, 0.2) is 36.4 Å². The predicted molar refractivity (Wildman–Crippen MR) is 80.0 cm³/mol. The lowest BCUT2D eigenvalue weighted by Crippen LogP contribution is -2.13. The van der Waals surface area contributed by atoms with Crippen molar-refractivity contribution in [3.05, 3.63) is 57.6 Å². The molecule has 0 saturated heterocycles. The second kappa shape index (κ2) is 5.51. The van der Waals surface area contributed by atoms with Gasteiger partial charge in [-0.1, -0.05) is 35.3 Å². The van der Waals surface area contributed by atoms with Crippen LogP contribution in [0, 0.1) is 6.92 Å². The molecule has 2 aromatic carbocycles. The highest BCUT2D eigenvalue weighted by Crippen LogP contribution is 2.27. The van der Waals surface area contributed by atoms with Crippen LogP contribution >= 0.6 is 23.2 Å². The zero-order valence-electron chi connectivity index (χ0n) is 10.2. The van der Waals surface area contributed by atoms with Crippen LogP contribution in [-0.2, 0) is 0 Å². The number of aryl methyl sites for hydroxylation is 1. The van der Waals surface area contributed by atoms with E-state index in [4.69, 9.17) is 28.9 Å². The Labute approximate surface area is 121 Å². The van der Waals surface area contributed by atoms with Crippen LogP contribution in [-0.4, -0.2) is 5.91 Å². The van der Waals surface area contributed by atoms with E-state index in [1.54, 1.807) is 36.4 Å². The van der Waals surface area contributed by atoms with Gasteiger partial charge in [-0.15, -0.1) is 0 Å². The number of amides is 1. The number of nitrogens with two attached hydrogens (primary N) is 1. The van der Waals surface area contributed by atoms with Gasteiger partial charge in [-0.3, -0.25) is 4.79 Å². The molecule has 3 N–H and O–H groups in total. The molecule has 3 nitrogen and oxygen atoms in total. The van der Waals surface area contributed by atoms with Gasteiger partial charge in [0, 0.05) is 5.02 Å². The maximum absolute atomic E-state index is 12.1. The summed E-state index contributed by atoms with van der Waals surface area (Å²) in [7, 11) is 0. The third-order valence-electron chi connectivity index (χ3n) is 2.70. The van der Waals surface area contributed by atoms with Crippen LogP contribution in [0.3, 0.4) is 0 Å². The average molecular weight is 295 g/mol. The highest BCUT2D eigenvalue weighted by Gasteiger charge is 2.12. The number of benzene rings is 2. The highest BCUT2D eigenvalue weighted by atomic mass is 35.5. The van der Waals surface area contributed by atoms with E-state index in [0.29, 0.717) is 27.0 Å². The van der Waals surface area contributed by atoms with Gasteiger partial charge in [-0.25, -0.2) is 0 Å². The van der Waals surface area contributed by atoms with Crippen molar-refractivity contribution in [3.8, 4) is 0 Å². The van der Waals surface area contributed by atoms with E-state index in [2.05, 4.69) is 5.32 Å². The number of hydrogen-bond acceptors (Lipinski definition) is 2. The summed E-state index contributed by atoms with van der Waals surface area (Å²) in [4.78, 5) is 12.1. The van der Waals surface area contributed by atoms with Crippen molar-refractivity contribution in [2.24, 2.45) is 0 Å². The van der Waals surface area contributed by atoms with E-state index in [-0.39, 0.29) is 5.91 Å². The Balaban J connectivity index is 2.30. The Morgan fingerprint density at radius 2 is 1.84 bits per heavy atom. The smallest absolute Gasteiger partial charge is 0.257 e. The van der Waals surface area contributed by atoms with Gasteiger partial charge >= 0.3 is 0 Å². The number of halogens is 2. The maximum atomic E-state index is 12.1. The summed E-state index contributed by atoms with van der Waals surface area (Å²) in [5, 5.41) is 3.63. The summed E-state index contributed by atoms with van der Waals surface area (Å²) in [6, 6.07) is 10.1. The fourth-order valence-electron chi connectivity index (χ4n) is 1.65. The van der Waals surface area contributed by atoms with Crippen molar-refractivity contribution in [1.82, 2.24) is 0 Å². The molecular formula is C14H12Cl2N2O. The number of anilines is 2. The second-order valence-corrected chi connectivity index (χ2v) is 4.94. The largest absolute Gasteiger partial charge is 0.397 e. The molecule has 2 rings (SSSR count). The number of rotatable bonds is 2. The van der Waals surface area contributed by atoms with Gasteiger partial charge in [-0.2, -0.15) is 0 Å². The topological polar surface area (TPSA) is 55.1 Å². The molecule has 1 amide bonds. The molecule has 5 heteroatoms. The third kappa shape index (κ3) is 3.00. The van der Waals surface area contributed by atoms with Gasteiger partial charge in [0.1, 0.15) is 0 Å². The van der Waals surface area contributed by atoms with Crippen molar-refractivity contribution in [1.29, 1.82) is 0 Å². The van der Waals surface area contributed by atoms with Gasteiger partial charge in [0.05, 0.1) is 22.0 Å². The lowest BCUT2D eigenvalue weighted by molar-refractivity contribution is 0.102. The van der Waals surface area contributed by atoms with Crippen molar-refractivity contribution < 1.29 is 4.79 Å². The average Bonchev–Trinajstić information content (AvgIpc) is 2.36. The summed E-state index contributed by atoms with van der Waals surface area (Å²) >= 11 is 12.0. The van der Waals surface area contributed by atoms with E-state index in [1.807, 2.05) is 6.92 Å². The van der Waals surface area contributed by atoms with E-state index in [0.717, 1.165) is 5.56 Å². The van der Waals surface area contributed by atoms with Gasteiger partial charge < -0.3 is 11.1 Å². The maximum Gasteiger partial charge on any atom is 0.257 e. The van der Waals surface area contributed by atoms with E-state index < -0.39 is 0 Å². The van der Waals surface area contributed by atoms with E-state index in [9.17, 15) is 4.79 Å². The number of hydrogen-bond donors (Lipinski definition) is 2. The lowest BCUT2D eigenvalue weighted by atomic mass is 10.1. The molecule has 0 atom stereocenters. The molecule has 2 aromatic rings. The van der Waals surface area contributed by atoms with Gasteiger partial charge in [-0.05, 0) is 36.8 Å². The molecule has 0 unspecified atom stereocenters. The minimum Gasteiger partial charge on any atom is -0.397 e. The zero-order chi connectivity index (χ0) is 14.0. The minimum atomic E-state index is -0.322. The standard InChI is InChI=1S/C14H12Cl2N2O/c1-8-6-12(17)13(7-11(8)16)18-14(19)9-4-2-3-5-10(9)15/h2-7H,17H2,1H3,(H,18,19). The van der Waals surface area contributed by atoms with E-state index in [1.165, 1.54) is 0 Å². The molecule has 0 aliphatic rings. The van der Waals surface area contributed by atoms with E-state index >= 15 is 0 Å². The van der Waals surface area contributed by atoms with Crippen molar-refractivity contribution in [2.45, 2.75) is 6.92 Å². The molecule has 0 radical (unpaired) electrons. The SMILES string of the molecule is Cc1cc(N)c(NC(=O)c2ccccc2Cl)cc1Cl. The highest BCUT2D eigenvalue weighted by molar-refractivity contribution is 6.34. The van der Waals surface area contributed by atoms with Crippen molar-refractivity contribution >= 4 is 40.5 Å². The molecule has 0 bridgehead atoms. The second-order valence-electron chi connectivity index (χ2n) is 4.12. The Morgan fingerprint density at radius 1 is 1.16 bits per heavy atom. The van der Waals surface area contributed by atoms with Crippen LogP contribution in [0.25, 0.3) is 0 Å². The fourth-order valence-corrected chi connectivity index (χ4v) is 2.03. The number of carbonyl (C=O) groups is 1. The lowest BCUT2D eigenvalue weighted by Gasteiger charge is -2.11. The third-order valence-corrected chi connectivity index (χ3v) is 3.43. The van der Waals surface area contributed by atoms with Crippen molar-refractivity contribution in [2.75, 3.05) is 11.1 Å². The Morgan fingerprint density at radius 3 is 2.53 bits per heavy atom. The monoisotopic (exact) mass is 294 g/mol. The summed E-state index contributed by atoms with van der Waals surface area (Å²) in [6.07, 6.45) is 0. The Bertz CT molecular complexity index is 641. The van der Waals surface area contributed by atoms with Crippen LogP contribution in [0.5, 0.6) is 0 Å². The summed E-state index contributed by atoms with van der Waals surface area (Å²) < 4.78 is 0. The summed E-state index contributed by atoms with van der Waals surface area (Å²) in [5.74, 6) is -0.322. The molecule has 0 aromatic heterocycles. The first-order valence-electron chi connectivity index (χ1n) is 5.60. The Hall–Kier alpha value is -1.71. The number of nitrogen functional groups attached to an aromatic ring is 1. The number of carbonyl (C=O) groups excluding carboxylic acids is 1. The predicted octanol–water partition coefficient (Wildman–Crippen LogP) is 4.14. The molecule has 0 aliphatic heterocycles. The van der Waals surface area contributed by atoms with Gasteiger partial charge in [0.25, 0.3) is 5.91 Å². The first-order valence-corrected chi connectivity index (χ1v) is 6.36. The van der Waals surface area contributed by atoms with Crippen LogP contribution in [0.2, 0.25) is 10.0 Å². The summed E-state index contributed by atoms with van der Waals surface area (Å²) in [5.41, 5.74) is 8.03. The molecule has 0 heterocycles. The first kappa shape index (κ1) is 13.7. The Kier molecular flexibility index (Phi) is 3.98. The van der Waals surface area contributed by atoms with Crippen LogP contribution in [0.1, 0.15) is 15.9 Å². The molecule has 19 heavy (non-hydrogen) atoms. The number of nitrogens with one attached hydrogen (secondary N) is 1. The van der Waals surface area contributed by atoms with Gasteiger partial charge in [0.15, 0.2) is 0 Å². The molecule has 98 valence electrons. The molecule has 0 spiro atoms. The zero-order valence-corrected chi connectivity index (χ0v) is 11.7. The quantitative estimate of drug-likeness (QED) is 0.818. The summed E-state index contributed by atoms with van der Waals surface area (Å²) in [6.45, 7) is 1.85. The minimum absolute atomic E-state index is 0.322. The first-order chi connectivity index (χ1) is 8.99. The fraction of sp³-hybridized carbons (Fsp3) is 0.0714. The molecular weight excluding hydrogens is 283 g/mol. The van der Waals surface area contributed by atoms with Crippen LogP contribution in [0.4, 0.5) is 11.4 Å². The normalized spacial score (nSPS) is 10.3. The van der Waals surface area contributed by atoms with Gasteiger partial charge in [0.2, 0.25) is 0 Å². The van der Waals surface area contributed by atoms with Crippen LogP contribution < -0.4 is 11.1 Å².